The molecule has 0 radical (unpaired) electrons. The quantitative estimate of drug-likeness (QED) is 0.815. The Morgan fingerprint density at radius 2 is 2.15 bits per heavy atom. The lowest BCUT2D eigenvalue weighted by Gasteiger charge is -2.16. The Hall–Kier alpha value is -3.16. The van der Waals surface area contributed by atoms with Gasteiger partial charge < -0.3 is 19.9 Å². The monoisotopic (exact) mass is 356 g/mol. The second kappa shape index (κ2) is 7.81. The lowest BCUT2D eigenvalue weighted by molar-refractivity contribution is -0.141. The maximum atomic E-state index is 12.5. The second-order valence-electron chi connectivity index (χ2n) is 6.25. The summed E-state index contributed by atoms with van der Waals surface area (Å²) in [7, 11) is 0. The molecular formula is C18H20N4O4. The van der Waals surface area contributed by atoms with Crippen molar-refractivity contribution in [1.29, 1.82) is 0 Å². The van der Waals surface area contributed by atoms with Gasteiger partial charge in [-0.1, -0.05) is 6.07 Å². The van der Waals surface area contributed by atoms with E-state index < -0.39 is 11.9 Å². The van der Waals surface area contributed by atoms with Crippen LogP contribution in [-0.4, -0.2) is 50.4 Å². The molecular weight excluding hydrogens is 336 g/mol. The molecule has 0 spiro atoms. The molecule has 1 aromatic carbocycles. The number of aromatic nitrogens is 2. The first kappa shape index (κ1) is 17.7. The van der Waals surface area contributed by atoms with Crippen LogP contribution in [-0.2, 0) is 16.1 Å². The van der Waals surface area contributed by atoms with Crippen LogP contribution in [0, 0.1) is 5.92 Å². The third-order valence-electron chi connectivity index (χ3n) is 4.37. The van der Waals surface area contributed by atoms with Gasteiger partial charge in [-0.2, -0.15) is 0 Å². The van der Waals surface area contributed by atoms with Crippen molar-refractivity contribution in [2.75, 3.05) is 18.4 Å². The number of aryl methyl sites for hydroxylation is 1. The number of nitrogens with one attached hydrogen (secondary N) is 1. The fraction of sp³-hybridized carbons (Fsp3) is 0.333. The van der Waals surface area contributed by atoms with Gasteiger partial charge in [0.1, 0.15) is 0 Å². The number of hydrogen-bond donors (Lipinski definition) is 2. The fourth-order valence-electron chi connectivity index (χ4n) is 2.93. The molecule has 0 bridgehead atoms. The van der Waals surface area contributed by atoms with Crippen molar-refractivity contribution in [3.8, 4) is 0 Å². The summed E-state index contributed by atoms with van der Waals surface area (Å²) < 4.78 is 1.81. The summed E-state index contributed by atoms with van der Waals surface area (Å²) in [4.78, 5) is 41.1. The minimum atomic E-state index is -0.876. The second-order valence-corrected chi connectivity index (χ2v) is 6.25. The third kappa shape index (κ3) is 4.27. The molecule has 1 aromatic heterocycles. The Balaban J connectivity index is 1.58. The number of anilines is 1. The van der Waals surface area contributed by atoms with Crippen LogP contribution >= 0.6 is 0 Å². The number of amides is 2. The van der Waals surface area contributed by atoms with Gasteiger partial charge in [-0.15, -0.1) is 0 Å². The van der Waals surface area contributed by atoms with Crippen molar-refractivity contribution in [2.24, 2.45) is 5.92 Å². The Kier molecular flexibility index (Phi) is 5.31. The predicted octanol–water partition coefficient (Wildman–Crippen LogP) is 1.46. The van der Waals surface area contributed by atoms with E-state index in [1.54, 1.807) is 47.9 Å². The van der Waals surface area contributed by atoms with Crippen LogP contribution in [0.2, 0.25) is 0 Å². The highest BCUT2D eigenvalue weighted by atomic mass is 16.4. The summed E-state index contributed by atoms with van der Waals surface area (Å²) in [5.41, 5.74) is 0.976. The van der Waals surface area contributed by atoms with E-state index in [-0.39, 0.29) is 18.4 Å². The summed E-state index contributed by atoms with van der Waals surface area (Å²) >= 11 is 0. The van der Waals surface area contributed by atoms with Crippen LogP contribution < -0.4 is 5.32 Å². The van der Waals surface area contributed by atoms with E-state index in [1.165, 1.54) is 0 Å². The number of imidazole rings is 1. The van der Waals surface area contributed by atoms with Crippen molar-refractivity contribution in [1.82, 2.24) is 14.5 Å². The molecule has 1 atom stereocenters. The van der Waals surface area contributed by atoms with E-state index in [9.17, 15) is 14.4 Å². The first-order valence-corrected chi connectivity index (χ1v) is 8.40. The Morgan fingerprint density at radius 1 is 1.31 bits per heavy atom. The van der Waals surface area contributed by atoms with Crippen molar-refractivity contribution < 1.29 is 19.5 Å². The standard InChI is InChI=1S/C18H20N4O4/c23-16(5-7-21-9-6-19-12-21)20-15-3-1-2-13(10-15)17(24)22-8-4-14(11-22)18(25)26/h1-3,6,9-10,12,14H,4-5,7-8,11H2,(H,20,23)(H,25,26). The molecule has 3 rings (SSSR count). The van der Waals surface area contributed by atoms with Crippen molar-refractivity contribution in [3.63, 3.8) is 0 Å². The van der Waals surface area contributed by atoms with Crippen molar-refractivity contribution >= 4 is 23.5 Å². The lowest BCUT2D eigenvalue weighted by Crippen LogP contribution is -2.30. The minimum Gasteiger partial charge on any atom is -0.481 e. The average Bonchev–Trinajstić information content (AvgIpc) is 3.31. The molecule has 8 nitrogen and oxygen atoms in total. The molecule has 1 aliphatic rings. The molecule has 26 heavy (non-hydrogen) atoms. The molecule has 2 amide bonds. The van der Waals surface area contributed by atoms with Gasteiger partial charge in [-0.3, -0.25) is 14.4 Å². The van der Waals surface area contributed by atoms with E-state index in [4.69, 9.17) is 5.11 Å². The lowest BCUT2D eigenvalue weighted by atomic mass is 10.1. The molecule has 2 heterocycles. The zero-order chi connectivity index (χ0) is 18.5. The normalized spacial score (nSPS) is 16.5. The van der Waals surface area contributed by atoms with Gasteiger partial charge >= 0.3 is 5.97 Å². The Bertz CT molecular complexity index is 803. The molecule has 8 heteroatoms. The highest BCUT2D eigenvalue weighted by Gasteiger charge is 2.31. The van der Waals surface area contributed by atoms with E-state index in [0.29, 0.717) is 37.2 Å². The number of carbonyl (C=O) groups excluding carboxylic acids is 2. The summed E-state index contributed by atoms with van der Waals surface area (Å²) in [5, 5.41) is 11.8. The molecule has 1 fully saturated rings. The van der Waals surface area contributed by atoms with Crippen LogP contribution in [0.5, 0.6) is 0 Å². The number of benzene rings is 1. The summed E-state index contributed by atoms with van der Waals surface area (Å²) in [6.45, 7) is 1.17. The molecule has 0 aliphatic carbocycles. The van der Waals surface area contributed by atoms with Crippen LogP contribution in [0.15, 0.2) is 43.0 Å². The molecule has 1 aliphatic heterocycles. The Morgan fingerprint density at radius 3 is 2.85 bits per heavy atom. The van der Waals surface area contributed by atoms with Gasteiger partial charge in [0.25, 0.3) is 5.91 Å². The average molecular weight is 356 g/mol. The minimum absolute atomic E-state index is 0.157. The highest BCUT2D eigenvalue weighted by molar-refractivity contribution is 5.97. The smallest absolute Gasteiger partial charge is 0.308 e. The molecule has 2 N–H and O–H groups in total. The van der Waals surface area contributed by atoms with Gasteiger partial charge in [0.15, 0.2) is 0 Å². The number of aliphatic carboxylic acids is 1. The maximum Gasteiger partial charge on any atom is 0.308 e. The number of likely N-dealkylation sites (tertiary alicyclic amines) is 1. The van der Waals surface area contributed by atoms with Gasteiger partial charge in [-0.05, 0) is 24.6 Å². The molecule has 2 aromatic rings. The van der Waals surface area contributed by atoms with Crippen molar-refractivity contribution in [2.45, 2.75) is 19.4 Å². The fourth-order valence-corrected chi connectivity index (χ4v) is 2.93. The molecule has 1 saturated heterocycles. The van der Waals surface area contributed by atoms with Gasteiger partial charge in [0, 0.05) is 49.7 Å². The van der Waals surface area contributed by atoms with Gasteiger partial charge in [0.2, 0.25) is 5.91 Å². The zero-order valence-electron chi connectivity index (χ0n) is 14.2. The number of carboxylic acid groups (broad SMARTS) is 1. The van der Waals surface area contributed by atoms with Crippen LogP contribution in [0.3, 0.4) is 0 Å². The molecule has 136 valence electrons. The summed E-state index contributed by atoms with van der Waals surface area (Å²) in [6.07, 6.45) is 5.84. The first-order valence-electron chi connectivity index (χ1n) is 8.40. The highest BCUT2D eigenvalue weighted by Crippen LogP contribution is 2.20. The maximum absolute atomic E-state index is 12.5. The number of hydrogen-bond acceptors (Lipinski definition) is 4. The number of carboxylic acids is 1. The third-order valence-corrected chi connectivity index (χ3v) is 4.37. The first-order chi connectivity index (χ1) is 12.5. The molecule has 0 saturated carbocycles. The van der Waals surface area contributed by atoms with E-state index in [2.05, 4.69) is 10.3 Å². The topological polar surface area (TPSA) is 105 Å². The van der Waals surface area contributed by atoms with Crippen LogP contribution in [0.1, 0.15) is 23.2 Å². The predicted molar refractivity (Wildman–Crippen MR) is 93.6 cm³/mol. The SMILES string of the molecule is O=C(CCn1ccnc1)Nc1cccc(C(=O)N2CCC(C(=O)O)C2)c1. The summed E-state index contributed by atoms with van der Waals surface area (Å²) in [5.74, 6) is -1.76. The van der Waals surface area contributed by atoms with Crippen LogP contribution in [0.25, 0.3) is 0 Å². The van der Waals surface area contributed by atoms with Gasteiger partial charge in [0.05, 0.1) is 12.2 Å². The molecule has 1 unspecified atom stereocenters. The van der Waals surface area contributed by atoms with E-state index >= 15 is 0 Å². The zero-order valence-corrected chi connectivity index (χ0v) is 14.2. The van der Waals surface area contributed by atoms with E-state index in [1.807, 2.05) is 4.57 Å². The number of nitrogens with zero attached hydrogens (tertiary/aromatic N) is 3. The Labute approximate surface area is 150 Å². The number of rotatable bonds is 6. The van der Waals surface area contributed by atoms with Gasteiger partial charge in [-0.25, -0.2) is 4.98 Å². The van der Waals surface area contributed by atoms with Crippen molar-refractivity contribution in [3.05, 3.63) is 48.5 Å². The summed E-state index contributed by atoms with van der Waals surface area (Å²) in [6, 6.07) is 6.70. The largest absolute Gasteiger partial charge is 0.481 e. The number of carbonyl (C=O) groups is 3. The van der Waals surface area contributed by atoms with Crippen LogP contribution in [0.4, 0.5) is 5.69 Å². The van der Waals surface area contributed by atoms with E-state index in [0.717, 1.165) is 0 Å².